The van der Waals surface area contributed by atoms with Crippen molar-refractivity contribution in [3.63, 3.8) is 0 Å². The van der Waals surface area contributed by atoms with Gasteiger partial charge in [-0.2, -0.15) is 0 Å². The zero-order valence-electron chi connectivity index (χ0n) is 12.2. The Morgan fingerprint density at radius 3 is 2.60 bits per heavy atom. The van der Waals surface area contributed by atoms with E-state index >= 15 is 0 Å². The molecule has 0 rings (SSSR count). The SMILES string of the molecule is C=CCCCC/C=C/C#C[C@H](O)CCCCCC(=O)O. The van der Waals surface area contributed by atoms with Gasteiger partial charge < -0.3 is 10.2 Å². The minimum Gasteiger partial charge on any atom is -0.481 e. The van der Waals surface area contributed by atoms with Gasteiger partial charge >= 0.3 is 5.97 Å². The van der Waals surface area contributed by atoms with Gasteiger partial charge in [-0.15, -0.1) is 6.58 Å². The van der Waals surface area contributed by atoms with Gasteiger partial charge in [0.25, 0.3) is 0 Å². The minimum absolute atomic E-state index is 0.205. The standard InChI is InChI=1S/C17H26O3/c1-2-3-4-5-6-7-8-10-13-16(18)14-11-9-12-15-17(19)20/h2,7-8,16,18H,1,3-6,9,11-12,14-15H2,(H,19,20)/b8-7+/t16-/m0/s1. The second kappa shape index (κ2) is 13.9. The lowest BCUT2D eigenvalue weighted by Crippen LogP contribution is -2.02. The third-order valence-corrected chi connectivity index (χ3v) is 2.85. The smallest absolute Gasteiger partial charge is 0.303 e. The Kier molecular flexibility index (Phi) is 12.8. The molecule has 3 nitrogen and oxygen atoms in total. The molecule has 0 spiro atoms. The van der Waals surface area contributed by atoms with Gasteiger partial charge in [-0.1, -0.05) is 30.4 Å². The number of hydrogen-bond donors (Lipinski definition) is 2. The second-order valence-corrected chi connectivity index (χ2v) is 4.77. The van der Waals surface area contributed by atoms with Crippen LogP contribution < -0.4 is 0 Å². The van der Waals surface area contributed by atoms with Crippen molar-refractivity contribution in [1.29, 1.82) is 0 Å². The molecule has 0 heterocycles. The van der Waals surface area contributed by atoms with Crippen molar-refractivity contribution in [3.05, 3.63) is 24.8 Å². The van der Waals surface area contributed by atoms with Gasteiger partial charge in [-0.3, -0.25) is 4.79 Å². The van der Waals surface area contributed by atoms with Gasteiger partial charge in [0.05, 0.1) is 0 Å². The molecule has 0 amide bonds. The predicted octanol–water partition coefficient (Wildman–Crippen LogP) is 3.69. The molecule has 1 atom stereocenters. The van der Waals surface area contributed by atoms with Crippen LogP contribution in [0.2, 0.25) is 0 Å². The summed E-state index contributed by atoms with van der Waals surface area (Å²) in [4.78, 5) is 10.3. The molecule has 0 bridgehead atoms. The van der Waals surface area contributed by atoms with Crippen molar-refractivity contribution in [2.45, 2.75) is 63.9 Å². The van der Waals surface area contributed by atoms with E-state index in [9.17, 15) is 9.90 Å². The van der Waals surface area contributed by atoms with Crippen molar-refractivity contribution < 1.29 is 15.0 Å². The van der Waals surface area contributed by atoms with E-state index in [4.69, 9.17) is 5.11 Å². The number of carboxylic acids is 1. The molecule has 112 valence electrons. The number of aliphatic hydroxyl groups is 1. The van der Waals surface area contributed by atoms with E-state index in [0.717, 1.165) is 38.5 Å². The Bertz CT molecular complexity index is 347. The summed E-state index contributed by atoms with van der Waals surface area (Å²) in [5.74, 6) is 4.85. The van der Waals surface area contributed by atoms with Crippen LogP contribution in [0.25, 0.3) is 0 Å². The minimum atomic E-state index is -0.761. The lowest BCUT2D eigenvalue weighted by Gasteiger charge is -2.01. The molecule has 0 radical (unpaired) electrons. The fourth-order valence-corrected chi connectivity index (χ4v) is 1.70. The van der Waals surface area contributed by atoms with Crippen LogP contribution in [0.5, 0.6) is 0 Å². The average Bonchev–Trinajstić information content (AvgIpc) is 2.41. The van der Waals surface area contributed by atoms with Gasteiger partial charge in [0.1, 0.15) is 6.10 Å². The normalized spacial score (nSPS) is 11.8. The Labute approximate surface area is 122 Å². The molecule has 0 fully saturated rings. The Balaban J connectivity index is 3.53. The maximum absolute atomic E-state index is 10.3. The van der Waals surface area contributed by atoms with Crippen LogP contribution in [-0.4, -0.2) is 22.3 Å². The van der Waals surface area contributed by atoms with E-state index in [1.807, 2.05) is 12.2 Å². The number of carboxylic acid groups (broad SMARTS) is 1. The lowest BCUT2D eigenvalue weighted by molar-refractivity contribution is -0.137. The molecule has 0 aliphatic heterocycles. The van der Waals surface area contributed by atoms with Gasteiger partial charge in [0, 0.05) is 6.42 Å². The molecule has 0 aliphatic carbocycles. The van der Waals surface area contributed by atoms with Gasteiger partial charge in [-0.25, -0.2) is 0 Å². The zero-order valence-corrected chi connectivity index (χ0v) is 12.2. The summed E-state index contributed by atoms with van der Waals surface area (Å²) in [5, 5.41) is 18.1. The van der Waals surface area contributed by atoms with Crippen LogP contribution in [0.1, 0.15) is 57.8 Å². The van der Waals surface area contributed by atoms with E-state index in [1.54, 1.807) is 6.08 Å². The van der Waals surface area contributed by atoms with Crippen molar-refractivity contribution in [2.24, 2.45) is 0 Å². The second-order valence-electron chi connectivity index (χ2n) is 4.77. The zero-order chi connectivity index (χ0) is 15.1. The number of allylic oxidation sites excluding steroid dienone is 3. The lowest BCUT2D eigenvalue weighted by atomic mass is 10.1. The van der Waals surface area contributed by atoms with Crippen molar-refractivity contribution >= 4 is 5.97 Å². The summed E-state index contributed by atoms with van der Waals surface area (Å²) in [6.07, 6.45) is 12.6. The third kappa shape index (κ3) is 14.5. The highest BCUT2D eigenvalue weighted by Gasteiger charge is 2.00. The molecule has 0 saturated carbocycles. The molecule has 0 unspecified atom stereocenters. The first-order valence-electron chi connectivity index (χ1n) is 7.33. The molecular weight excluding hydrogens is 252 g/mol. The number of carbonyl (C=O) groups is 1. The van der Waals surface area contributed by atoms with Gasteiger partial charge in [0.2, 0.25) is 0 Å². The quantitative estimate of drug-likeness (QED) is 0.344. The van der Waals surface area contributed by atoms with Crippen LogP contribution in [-0.2, 0) is 4.79 Å². The fraction of sp³-hybridized carbons (Fsp3) is 0.588. The molecular formula is C17H26O3. The highest BCUT2D eigenvalue weighted by molar-refractivity contribution is 5.66. The summed E-state index contributed by atoms with van der Waals surface area (Å²) >= 11 is 0. The number of unbranched alkanes of at least 4 members (excludes halogenated alkanes) is 5. The van der Waals surface area contributed by atoms with Crippen LogP contribution in [0.4, 0.5) is 0 Å². The van der Waals surface area contributed by atoms with Crippen molar-refractivity contribution in [3.8, 4) is 11.8 Å². The molecule has 0 aromatic rings. The van der Waals surface area contributed by atoms with Crippen LogP contribution in [0.15, 0.2) is 24.8 Å². The summed E-state index contributed by atoms with van der Waals surface area (Å²) in [5.41, 5.74) is 0. The van der Waals surface area contributed by atoms with Gasteiger partial charge in [-0.05, 0) is 51.0 Å². The highest BCUT2D eigenvalue weighted by atomic mass is 16.4. The van der Waals surface area contributed by atoms with E-state index in [2.05, 4.69) is 18.4 Å². The van der Waals surface area contributed by atoms with Crippen LogP contribution >= 0.6 is 0 Å². The third-order valence-electron chi connectivity index (χ3n) is 2.85. The Morgan fingerprint density at radius 1 is 1.15 bits per heavy atom. The molecule has 0 saturated heterocycles. The Hall–Kier alpha value is -1.53. The first-order valence-corrected chi connectivity index (χ1v) is 7.33. The largest absolute Gasteiger partial charge is 0.481 e. The van der Waals surface area contributed by atoms with Crippen LogP contribution in [0, 0.1) is 11.8 Å². The summed E-state index contributed by atoms with van der Waals surface area (Å²) < 4.78 is 0. The van der Waals surface area contributed by atoms with Gasteiger partial charge in [0.15, 0.2) is 0 Å². The maximum atomic E-state index is 10.3. The fourth-order valence-electron chi connectivity index (χ4n) is 1.70. The molecule has 2 N–H and O–H groups in total. The molecule has 0 aromatic carbocycles. The molecule has 20 heavy (non-hydrogen) atoms. The number of hydrogen-bond acceptors (Lipinski definition) is 2. The predicted molar refractivity (Wildman–Crippen MR) is 82.3 cm³/mol. The summed E-state index contributed by atoms with van der Waals surface area (Å²) in [6, 6.07) is 0. The highest BCUT2D eigenvalue weighted by Crippen LogP contribution is 2.05. The maximum Gasteiger partial charge on any atom is 0.303 e. The monoisotopic (exact) mass is 278 g/mol. The number of aliphatic hydroxyl groups excluding tert-OH is 1. The van der Waals surface area contributed by atoms with Crippen molar-refractivity contribution in [1.82, 2.24) is 0 Å². The average molecular weight is 278 g/mol. The van der Waals surface area contributed by atoms with E-state index in [0.29, 0.717) is 12.8 Å². The first-order chi connectivity index (χ1) is 9.66. The summed E-state index contributed by atoms with van der Waals surface area (Å²) in [6.45, 7) is 3.67. The summed E-state index contributed by atoms with van der Waals surface area (Å²) in [7, 11) is 0. The number of aliphatic carboxylic acids is 1. The number of rotatable bonds is 11. The topological polar surface area (TPSA) is 57.5 Å². The molecule has 0 aromatic heterocycles. The molecule has 3 heteroatoms. The van der Waals surface area contributed by atoms with E-state index in [1.165, 1.54) is 0 Å². The van der Waals surface area contributed by atoms with Crippen LogP contribution in [0.3, 0.4) is 0 Å². The van der Waals surface area contributed by atoms with Crippen molar-refractivity contribution in [2.75, 3.05) is 0 Å². The molecule has 0 aliphatic rings. The first kappa shape index (κ1) is 18.5. The van der Waals surface area contributed by atoms with E-state index < -0.39 is 12.1 Å². The van der Waals surface area contributed by atoms with E-state index in [-0.39, 0.29) is 6.42 Å². The Morgan fingerprint density at radius 2 is 1.90 bits per heavy atom.